The molecule has 0 aliphatic heterocycles. The van der Waals surface area contributed by atoms with Crippen LogP contribution in [-0.4, -0.2) is 18.6 Å². The number of aromatic nitrogens is 1. The van der Waals surface area contributed by atoms with E-state index in [0.29, 0.717) is 12.1 Å². The molecule has 0 aliphatic rings. The smallest absolute Gasteiger partial charge is 0.167 e. The first-order chi connectivity index (χ1) is 6.25. The summed E-state index contributed by atoms with van der Waals surface area (Å²) in [5.41, 5.74) is 0.454. The minimum absolute atomic E-state index is 0.0911. The molecule has 0 fully saturated rings. The molecule has 1 heterocycles. The fourth-order valence-electron chi connectivity index (χ4n) is 0.864. The van der Waals surface area contributed by atoms with Gasteiger partial charge in [-0.25, -0.2) is 9.37 Å². The lowest BCUT2D eigenvalue weighted by Gasteiger charge is -1.97. The van der Waals surface area contributed by atoms with Crippen molar-refractivity contribution in [2.24, 2.45) is 0 Å². The van der Waals surface area contributed by atoms with Crippen molar-refractivity contribution in [2.45, 2.75) is 0 Å². The first kappa shape index (κ1) is 10.2. The van der Waals surface area contributed by atoms with Crippen LogP contribution in [0.2, 0.25) is 5.15 Å². The zero-order valence-electron chi connectivity index (χ0n) is 7.22. The van der Waals surface area contributed by atoms with Gasteiger partial charge in [0.2, 0.25) is 0 Å². The van der Waals surface area contributed by atoms with Crippen LogP contribution in [0.15, 0.2) is 18.3 Å². The van der Waals surface area contributed by atoms with Gasteiger partial charge in [-0.2, -0.15) is 0 Å². The number of hydrogen-bond acceptors (Lipinski definition) is 2. The number of rotatable bonds is 3. The molecule has 4 heteroatoms. The molecular formula is C9H10ClFN2. The van der Waals surface area contributed by atoms with Crippen molar-refractivity contribution < 1.29 is 4.39 Å². The molecule has 2 nitrogen and oxygen atoms in total. The molecular weight excluding hydrogens is 191 g/mol. The minimum Gasteiger partial charge on any atom is -0.316 e. The topological polar surface area (TPSA) is 24.9 Å². The Morgan fingerprint density at radius 1 is 1.69 bits per heavy atom. The monoisotopic (exact) mass is 200 g/mol. The Morgan fingerprint density at radius 2 is 2.46 bits per heavy atom. The molecule has 13 heavy (non-hydrogen) atoms. The van der Waals surface area contributed by atoms with Crippen LogP contribution in [0, 0.1) is 5.82 Å². The van der Waals surface area contributed by atoms with Gasteiger partial charge in [-0.3, -0.25) is 0 Å². The SMILES string of the molecule is CNCC=Cc1ccnc(Cl)c1F. The first-order valence-electron chi connectivity index (χ1n) is 3.87. The third kappa shape index (κ3) is 2.79. The van der Waals surface area contributed by atoms with E-state index >= 15 is 0 Å². The summed E-state index contributed by atoms with van der Waals surface area (Å²) in [6, 6.07) is 1.58. The predicted molar refractivity (Wildman–Crippen MR) is 52.2 cm³/mol. The molecule has 0 radical (unpaired) electrons. The van der Waals surface area contributed by atoms with E-state index in [1.165, 1.54) is 6.20 Å². The van der Waals surface area contributed by atoms with Crippen molar-refractivity contribution in [3.63, 3.8) is 0 Å². The first-order valence-corrected chi connectivity index (χ1v) is 4.24. The van der Waals surface area contributed by atoms with Gasteiger partial charge in [0.1, 0.15) is 0 Å². The van der Waals surface area contributed by atoms with Crippen LogP contribution >= 0.6 is 11.6 Å². The van der Waals surface area contributed by atoms with Crippen LogP contribution in [0.5, 0.6) is 0 Å². The molecule has 0 unspecified atom stereocenters. The third-order valence-electron chi connectivity index (χ3n) is 1.50. The van der Waals surface area contributed by atoms with E-state index in [4.69, 9.17) is 11.6 Å². The van der Waals surface area contributed by atoms with Gasteiger partial charge in [-0.1, -0.05) is 23.8 Å². The second-order valence-electron chi connectivity index (χ2n) is 2.47. The van der Waals surface area contributed by atoms with Crippen LogP contribution in [0.25, 0.3) is 6.08 Å². The highest BCUT2D eigenvalue weighted by molar-refractivity contribution is 6.29. The molecule has 0 atom stereocenters. The molecule has 0 aromatic carbocycles. The average Bonchev–Trinajstić information content (AvgIpc) is 2.13. The Kier molecular flexibility index (Phi) is 3.86. The maximum Gasteiger partial charge on any atom is 0.167 e. The van der Waals surface area contributed by atoms with Gasteiger partial charge >= 0.3 is 0 Å². The van der Waals surface area contributed by atoms with E-state index in [2.05, 4.69) is 10.3 Å². The number of hydrogen-bond donors (Lipinski definition) is 1. The quantitative estimate of drug-likeness (QED) is 0.756. The molecule has 0 amide bonds. The summed E-state index contributed by atoms with van der Waals surface area (Å²) in [4.78, 5) is 3.61. The van der Waals surface area contributed by atoms with Crippen LogP contribution in [-0.2, 0) is 0 Å². The summed E-state index contributed by atoms with van der Waals surface area (Å²) in [6.07, 6.45) is 4.96. The van der Waals surface area contributed by atoms with Gasteiger partial charge < -0.3 is 5.32 Å². The van der Waals surface area contributed by atoms with E-state index in [1.807, 2.05) is 13.1 Å². The van der Waals surface area contributed by atoms with Gasteiger partial charge in [0.05, 0.1) is 0 Å². The van der Waals surface area contributed by atoms with Crippen LogP contribution in [0.4, 0.5) is 4.39 Å². The summed E-state index contributed by atoms with van der Waals surface area (Å²) in [6.45, 7) is 0.694. The van der Waals surface area contributed by atoms with Crippen molar-refractivity contribution in [1.82, 2.24) is 10.3 Å². The second-order valence-corrected chi connectivity index (χ2v) is 2.82. The van der Waals surface area contributed by atoms with Gasteiger partial charge in [-0.05, 0) is 13.1 Å². The predicted octanol–water partition coefficient (Wildman–Crippen LogP) is 2.11. The Balaban J connectivity index is 2.83. The zero-order valence-corrected chi connectivity index (χ0v) is 7.98. The molecule has 70 valence electrons. The largest absolute Gasteiger partial charge is 0.316 e. The van der Waals surface area contributed by atoms with Crippen molar-refractivity contribution in [3.05, 3.63) is 34.9 Å². The van der Waals surface area contributed by atoms with E-state index in [9.17, 15) is 4.39 Å². The Bertz CT molecular complexity index is 312. The van der Waals surface area contributed by atoms with Crippen molar-refractivity contribution in [1.29, 1.82) is 0 Å². The van der Waals surface area contributed by atoms with E-state index in [-0.39, 0.29) is 5.15 Å². The summed E-state index contributed by atoms with van der Waals surface area (Å²) in [7, 11) is 1.82. The highest BCUT2D eigenvalue weighted by Crippen LogP contribution is 2.15. The standard InChI is InChI=1S/C9H10ClFN2/c1-12-5-2-3-7-4-6-13-9(10)8(7)11/h2-4,6,12H,5H2,1H3. The molecule has 1 aromatic rings. The summed E-state index contributed by atoms with van der Waals surface area (Å²) < 4.78 is 13.2. The summed E-state index contributed by atoms with van der Waals surface area (Å²) >= 11 is 5.49. The Hall–Kier alpha value is -0.930. The Labute approximate surface area is 81.4 Å². The highest BCUT2D eigenvalue weighted by atomic mass is 35.5. The van der Waals surface area contributed by atoms with E-state index in [1.54, 1.807) is 12.1 Å². The average molecular weight is 201 g/mol. The van der Waals surface area contributed by atoms with Crippen LogP contribution < -0.4 is 5.32 Å². The van der Waals surface area contributed by atoms with Crippen LogP contribution in [0.3, 0.4) is 0 Å². The summed E-state index contributed by atoms with van der Waals surface area (Å²) in [5, 5.41) is 2.82. The van der Waals surface area contributed by atoms with Gasteiger partial charge in [0.25, 0.3) is 0 Å². The number of halogens is 2. The van der Waals surface area contributed by atoms with E-state index in [0.717, 1.165) is 0 Å². The number of pyridine rings is 1. The minimum atomic E-state index is -0.475. The van der Waals surface area contributed by atoms with E-state index < -0.39 is 5.82 Å². The molecule has 1 rings (SSSR count). The number of likely N-dealkylation sites (N-methyl/N-ethyl adjacent to an activating group) is 1. The fourth-order valence-corrected chi connectivity index (χ4v) is 1.03. The van der Waals surface area contributed by atoms with Crippen molar-refractivity contribution in [2.75, 3.05) is 13.6 Å². The summed E-state index contributed by atoms with van der Waals surface area (Å²) in [5.74, 6) is -0.475. The second kappa shape index (κ2) is 4.94. The number of nitrogens with zero attached hydrogens (tertiary/aromatic N) is 1. The number of nitrogens with one attached hydrogen (secondary N) is 1. The maximum absolute atomic E-state index is 13.2. The Morgan fingerprint density at radius 3 is 3.15 bits per heavy atom. The van der Waals surface area contributed by atoms with Gasteiger partial charge in [0, 0.05) is 18.3 Å². The molecule has 1 N–H and O–H groups in total. The lowest BCUT2D eigenvalue weighted by atomic mass is 10.2. The molecule has 0 spiro atoms. The van der Waals surface area contributed by atoms with Crippen LogP contribution in [0.1, 0.15) is 5.56 Å². The maximum atomic E-state index is 13.2. The van der Waals surface area contributed by atoms with Gasteiger partial charge in [0.15, 0.2) is 11.0 Å². The fraction of sp³-hybridized carbons (Fsp3) is 0.222. The highest BCUT2D eigenvalue weighted by Gasteiger charge is 2.03. The normalized spacial score (nSPS) is 11.0. The molecule has 0 bridgehead atoms. The lowest BCUT2D eigenvalue weighted by Crippen LogP contribution is -2.03. The zero-order chi connectivity index (χ0) is 9.68. The molecule has 1 aromatic heterocycles. The molecule has 0 saturated carbocycles. The molecule has 0 saturated heterocycles. The lowest BCUT2D eigenvalue weighted by molar-refractivity contribution is 0.619. The third-order valence-corrected chi connectivity index (χ3v) is 1.76. The van der Waals surface area contributed by atoms with Gasteiger partial charge in [-0.15, -0.1) is 0 Å². The van der Waals surface area contributed by atoms with Crippen molar-refractivity contribution >= 4 is 17.7 Å². The molecule has 0 aliphatic carbocycles. The van der Waals surface area contributed by atoms with Crippen molar-refractivity contribution in [3.8, 4) is 0 Å².